The van der Waals surface area contributed by atoms with Crippen molar-refractivity contribution in [2.75, 3.05) is 11.1 Å². The summed E-state index contributed by atoms with van der Waals surface area (Å²) < 4.78 is 33.4. The molecule has 2 aromatic carbocycles. The summed E-state index contributed by atoms with van der Waals surface area (Å²) in [5.41, 5.74) is 6.62. The number of carbonyl (C=O) groups is 2. The number of benzene rings is 2. The molecule has 0 spiro atoms. The van der Waals surface area contributed by atoms with Crippen LogP contribution in [0.4, 0.5) is 17.1 Å². The second kappa shape index (κ2) is 6.68. The van der Waals surface area contributed by atoms with Crippen LogP contribution in [0.5, 0.6) is 0 Å². The van der Waals surface area contributed by atoms with Gasteiger partial charge in [0.2, 0.25) is 0 Å². The summed E-state index contributed by atoms with van der Waals surface area (Å²) >= 11 is 0. The van der Waals surface area contributed by atoms with Crippen molar-refractivity contribution in [3.05, 3.63) is 70.8 Å². The maximum absolute atomic E-state index is 13.3. The molecule has 2 aliphatic rings. The highest BCUT2D eigenvalue weighted by Crippen LogP contribution is 2.42. The number of fused-ring (bicyclic) bond motifs is 1. The minimum absolute atomic E-state index is 0.0185. The Hall–Kier alpha value is -3.23. The molecule has 0 aliphatic heterocycles. The molecule has 29 heavy (non-hydrogen) atoms. The van der Waals surface area contributed by atoms with Crippen molar-refractivity contribution < 1.29 is 22.6 Å². The summed E-state index contributed by atoms with van der Waals surface area (Å²) in [6, 6.07) is 9.86. The van der Waals surface area contributed by atoms with Gasteiger partial charge in [-0.1, -0.05) is 37.3 Å². The van der Waals surface area contributed by atoms with Crippen LogP contribution in [-0.2, 0) is 10.1 Å². The third-order valence-corrected chi connectivity index (χ3v) is 5.97. The molecule has 1 unspecified atom stereocenters. The maximum atomic E-state index is 13.3. The first-order chi connectivity index (χ1) is 13.7. The van der Waals surface area contributed by atoms with E-state index in [1.165, 1.54) is 0 Å². The highest BCUT2D eigenvalue weighted by atomic mass is 32.2. The fourth-order valence-electron chi connectivity index (χ4n) is 3.71. The van der Waals surface area contributed by atoms with Gasteiger partial charge in [-0.3, -0.25) is 14.1 Å². The largest absolute Gasteiger partial charge is 0.397 e. The van der Waals surface area contributed by atoms with Gasteiger partial charge in [-0.2, -0.15) is 8.42 Å². The number of carbonyl (C=O) groups excluding carboxylic acids is 2. The summed E-state index contributed by atoms with van der Waals surface area (Å²) in [6.07, 6.45) is 3.80. The highest BCUT2D eigenvalue weighted by molar-refractivity contribution is 7.86. The van der Waals surface area contributed by atoms with E-state index >= 15 is 0 Å². The zero-order chi connectivity index (χ0) is 20.9. The van der Waals surface area contributed by atoms with E-state index in [1.54, 1.807) is 36.4 Å². The second-order valence-corrected chi connectivity index (χ2v) is 8.53. The molecule has 0 radical (unpaired) electrons. The van der Waals surface area contributed by atoms with E-state index in [-0.39, 0.29) is 34.1 Å². The topological polar surface area (TPSA) is 127 Å². The Morgan fingerprint density at radius 1 is 1.10 bits per heavy atom. The van der Waals surface area contributed by atoms with Crippen molar-refractivity contribution in [2.24, 2.45) is 5.92 Å². The molecule has 0 amide bonds. The van der Waals surface area contributed by atoms with Crippen LogP contribution < -0.4 is 11.1 Å². The fourth-order valence-corrected chi connectivity index (χ4v) is 4.36. The van der Waals surface area contributed by atoms with Crippen molar-refractivity contribution in [1.82, 2.24) is 0 Å². The predicted octanol–water partition coefficient (Wildman–Crippen LogP) is 3.53. The van der Waals surface area contributed by atoms with Crippen LogP contribution in [-0.4, -0.2) is 24.5 Å². The minimum Gasteiger partial charge on any atom is -0.397 e. The lowest BCUT2D eigenvalue weighted by Gasteiger charge is -2.27. The van der Waals surface area contributed by atoms with E-state index in [0.29, 0.717) is 17.7 Å². The Labute approximate surface area is 167 Å². The first-order valence-corrected chi connectivity index (χ1v) is 10.4. The van der Waals surface area contributed by atoms with Crippen LogP contribution in [0.25, 0.3) is 0 Å². The SMILES string of the molecule is CC1C=CC2=C(C1)C(=O)c1c(Nc3ccccc3)cc(S(=O)(=O)O)c(N)c1C2=O. The average Bonchev–Trinajstić information content (AvgIpc) is 2.67. The van der Waals surface area contributed by atoms with E-state index in [4.69, 9.17) is 5.73 Å². The van der Waals surface area contributed by atoms with Gasteiger partial charge in [-0.05, 0) is 30.5 Å². The molecule has 0 aromatic heterocycles. The smallest absolute Gasteiger partial charge is 0.296 e. The van der Waals surface area contributed by atoms with Gasteiger partial charge in [-0.15, -0.1) is 0 Å². The normalized spacial score (nSPS) is 18.5. The molecule has 0 heterocycles. The number of hydrogen-bond acceptors (Lipinski definition) is 6. The molecule has 2 aromatic rings. The van der Waals surface area contributed by atoms with Crippen molar-refractivity contribution >= 4 is 38.7 Å². The van der Waals surface area contributed by atoms with Crippen molar-refractivity contribution in [3.63, 3.8) is 0 Å². The quantitative estimate of drug-likeness (QED) is 0.522. The molecule has 1 atom stereocenters. The number of allylic oxidation sites excluding steroid dienone is 4. The Kier molecular flexibility index (Phi) is 4.40. The van der Waals surface area contributed by atoms with Gasteiger partial charge in [0.1, 0.15) is 4.90 Å². The summed E-state index contributed by atoms with van der Waals surface area (Å²) in [6.45, 7) is 1.94. The Balaban J connectivity index is 2.00. The lowest BCUT2D eigenvalue weighted by Crippen LogP contribution is -2.27. The summed E-state index contributed by atoms with van der Waals surface area (Å²) in [4.78, 5) is 25.9. The molecule has 0 saturated heterocycles. The number of Topliss-reactive ketones (excluding diaryl/α,β-unsaturated/α-hetero) is 2. The molecule has 4 N–H and O–H groups in total. The number of nitrogen functional groups attached to an aromatic ring is 1. The molecule has 2 aliphatic carbocycles. The second-order valence-electron chi connectivity index (χ2n) is 7.14. The summed E-state index contributed by atoms with van der Waals surface area (Å²) in [5, 5.41) is 2.98. The first kappa shape index (κ1) is 19.1. The standard InChI is InChI=1S/C21H18N2O5S/c1-11-7-8-13-14(9-11)21(25)17-15(23-12-5-3-2-4-6-12)10-16(29(26,27)28)19(22)18(17)20(13)24/h2-8,10-11,23H,9,22H2,1H3,(H,26,27,28). The first-order valence-electron chi connectivity index (χ1n) is 8.95. The zero-order valence-electron chi connectivity index (χ0n) is 15.5. The third-order valence-electron chi connectivity index (χ3n) is 5.08. The van der Waals surface area contributed by atoms with Gasteiger partial charge in [0.05, 0.1) is 22.5 Å². The van der Waals surface area contributed by atoms with E-state index in [2.05, 4.69) is 5.32 Å². The Bertz CT molecular complexity index is 1230. The van der Waals surface area contributed by atoms with Gasteiger partial charge < -0.3 is 11.1 Å². The maximum Gasteiger partial charge on any atom is 0.296 e. The number of nitrogens with one attached hydrogen (secondary N) is 1. The molecular formula is C21H18N2O5S. The molecular weight excluding hydrogens is 392 g/mol. The average molecular weight is 410 g/mol. The number of ketones is 2. The number of para-hydroxylation sites is 1. The Morgan fingerprint density at radius 3 is 2.45 bits per heavy atom. The molecule has 0 saturated carbocycles. The van der Waals surface area contributed by atoms with Crippen LogP contribution in [0.15, 0.2) is 64.6 Å². The summed E-state index contributed by atoms with van der Waals surface area (Å²) in [7, 11) is -4.72. The van der Waals surface area contributed by atoms with E-state index in [1.807, 2.05) is 13.0 Å². The zero-order valence-corrected chi connectivity index (χ0v) is 16.3. The van der Waals surface area contributed by atoms with Crippen molar-refractivity contribution in [2.45, 2.75) is 18.2 Å². The van der Waals surface area contributed by atoms with Crippen LogP contribution >= 0.6 is 0 Å². The van der Waals surface area contributed by atoms with Crippen LogP contribution in [0.3, 0.4) is 0 Å². The lowest BCUT2D eigenvalue weighted by atomic mass is 9.76. The van der Waals surface area contributed by atoms with Gasteiger partial charge in [-0.25, -0.2) is 0 Å². The molecule has 7 nitrogen and oxygen atoms in total. The van der Waals surface area contributed by atoms with Crippen molar-refractivity contribution in [1.29, 1.82) is 0 Å². The number of anilines is 3. The van der Waals surface area contributed by atoms with Gasteiger partial charge in [0.15, 0.2) is 11.6 Å². The molecule has 4 rings (SSSR count). The van der Waals surface area contributed by atoms with Crippen LogP contribution in [0.2, 0.25) is 0 Å². The molecule has 8 heteroatoms. The van der Waals surface area contributed by atoms with Gasteiger partial charge in [0.25, 0.3) is 10.1 Å². The van der Waals surface area contributed by atoms with E-state index in [0.717, 1.165) is 6.07 Å². The van der Waals surface area contributed by atoms with Crippen LogP contribution in [0.1, 0.15) is 34.1 Å². The Morgan fingerprint density at radius 2 is 1.79 bits per heavy atom. The van der Waals surface area contributed by atoms with Crippen LogP contribution in [0, 0.1) is 5.92 Å². The lowest BCUT2D eigenvalue weighted by molar-refractivity contribution is 0.0973. The minimum atomic E-state index is -4.72. The van der Waals surface area contributed by atoms with E-state index < -0.39 is 26.5 Å². The predicted molar refractivity (Wildman–Crippen MR) is 109 cm³/mol. The highest BCUT2D eigenvalue weighted by Gasteiger charge is 2.38. The van der Waals surface area contributed by atoms with Gasteiger partial charge >= 0.3 is 0 Å². The third kappa shape index (κ3) is 3.16. The molecule has 0 bridgehead atoms. The monoisotopic (exact) mass is 410 g/mol. The van der Waals surface area contributed by atoms with Gasteiger partial charge in [0, 0.05) is 16.8 Å². The van der Waals surface area contributed by atoms with E-state index in [9.17, 15) is 22.6 Å². The number of hydrogen-bond donors (Lipinski definition) is 3. The summed E-state index contributed by atoms with van der Waals surface area (Å²) in [5.74, 6) is -0.818. The molecule has 148 valence electrons. The van der Waals surface area contributed by atoms with Crippen molar-refractivity contribution in [3.8, 4) is 0 Å². The fraction of sp³-hybridized carbons (Fsp3) is 0.143. The molecule has 0 fully saturated rings. The number of rotatable bonds is 3. The number of nitrogens with two attached hydrogens (primary N) is 1.